The van der Waals surface area contributed by atoms with Gasteiger partial charge < -0.3 is 14.6 Å². The zero-order chi connectivity index (χ0) is 17.6. The Morgan fingerprint density at radius 3 is 2.43 bits per heavy atom. The van der Waals surface area contributed by atoms with Gasteiger partial charge in [0.25, 0.3) is 0 Å². The maximum Gasteiger partial charge on any atom is 0.334 e. The summed E-state index contributed by atoms with van der Waals surface area (Å²) in [5.41, 5.74) is 0.0991. The predicted molar refractivity (Wildman–Crippen MR) is 80.5 cm³/mol. The Morgan fingerprint density at radius 1 is 1.39 bits per heavy atom. The van der Waals surface area contributed by atoms with E-state index < -0.39 is 34.9 Å². The van der Waals surface area contributed by atoms with Crippen molar-refractivity contribution in [2.75, 3.05) is 6.61 Å². The van der Waals surface area contributed by atoms with Gasteiger partial charge in [-0.05, 0) is 25.8 Å². The molecule has 0 aliphatic heterocycles. The van der Waals surface area contributed by atoms with E-state index >= 15 is 0 Å². The fourth-order valence-electron chi connectivity index (χ4n) is 2.65. The average molecular weight is 329 g/mol. The number of carboxylic acid groups (broad SMARTS) is 1. The normalized spacial score (nSPS) is 24.2. The Balaban J connectivity index is 3.18. The smallest absolute Gasteiger partial charge is 0.334 e. The van der Waals surface area contributed by atoms with Crippen LogP contribution in [-0.4, -0.2) is 46.8 Å². The molecule has 1 aliphatic carbocycles. The number of hydrogen-bond donors (Lipinski definition) is 1. The molecule has 0 aromatic carbocycles. The second-order valence-corrected chi connectivity index (χ2v) is 5.37. The standard InChI is InChI=1S/C15H23NO7/c1-4-10(5-2)23-12-8-9(15(19)22-6-3)7-11(16(20)21)13(12)14(17)18/h8,10-13H,4-7H2,1-3H3,(H,17,18)/t11?,12-,13-/m1/s1. The average Bonchev–Trinajstić information content (AvgIpc) is 2.51. The maximum absolute atomic E-state index is 11.9. The van der Waals surface area contributed by atoms with E-state index in [1.54, 1.807) is 6.92 Å². The molecule has 3 atom stereocenters. The molecular formula is C15H23NO7. The third-order valence-electron chi connectivity index (χ3n) is 3.92. The summed E-state index contributed by atoms with van der Waals surface area (Å²) >= 11 is 0. The number of hydrogen-bond acceptors (Lipinski definition) is 6. The maximum atomic E-state index is 11.9. The van der Waals surface area contributed by atoms with Crippen LogP contribution < -0.4 is 0 Å². The van der Waals surface area contributed by atoms with Gasteiger partial charge in [-0.15, -0.1) is 0 Å². The minimum atomic E-state index is -1.42. The molecule has 0 heterocycles. The SMILES string of the molecule is CCOC(=O)C1=C[C@@H](OC(CC)CC)[C@H](C(=O)O)C([N+](=O)[O-])C1. The number of carbonyl (C=O) groups excluding carboxylic acids is 1. The van der Waals surface area contributed by atoms with E-state index in [-0.39, 0.29) is 24.7 Å². The minimum Gasteiger partial charge on any atom is -0.481 e. The van der Waals surface area contributed by atoms with Crippen molar-refractivity contribution in [2.24, 2.45) is 5.92 Å². The van der Waals surface area contributed by atoms with Crippen molar-refractivity contribution in [3.05, 3.63) is 21.8 Å². The monoisotopic (exact) mass is 329 g/mol. The van der Waals surface area contributed by atoms with Crippen LogP contribution in [0.5, 0.6) is 0 Å². The molecule has 0 radical (unpaired) electrons. The summed E-state index contributed by atoms with van der Waals surface area (Å²) in [4.78, 5) is 34.0. The first kappa shape index (κ1) is 19.1. The lowest BCUT2D eigenvalue weighted by molar-refractivity contribution is -0.532. The molecule has 0 aromatic heterocycles. The van der Waals surface area contributed by atoms with Crippen molar-refractivity contribution in [3.63, 3.8) is 0 Å². The highest BCUT2D eigenvalue weighted by molar-refractivity contribution is 5.89. The third kappa shape index (κ3) is 4.75. The van der Waals surface area contributed by atoms with Gasteiger partial charge in [-0.2, -0.15) is 0 Å². The molecule has 1 N–H and O–H groups in total. The molecule has 0 amide bonds. The number of nitro groups is 1. The van der Waals surface area contributed by atoms with Gasteiger partial charge in [0.05, 0.1) is 18.8 Å². The quantitative estimate of drug-likeness (QED) is 0.410. The number of carboxylic acids is 1. The second-order valence-electron chi connectivity index (χ2n) is 5.37. The van der Waals surface area contributed by atoms with Crippen molar-refractivity contribution in [1.29, 1.82) is 0 Å². The van der Waals surface area contributed by atoms with Crippen LogP contribution in [0.3, 0.4) is 0 Å². The van der Waals surface area contributed by atoms with Gasteiger partial charge in [0, 0.05) is 16.9 Å². The Labute approximate surface area is 134 Å². The van der Waals surface area contributed by atoms with Gasteiger partial charge in [0.2, 0.25) is 6.04 Å². The first-order chi connectivity index (χ1) is 10.8. The second kappa shape index (κ2) is 8.61. The van der Waals surface area contributed by atoms with Crippen LogP contribution in [0.25, 0.3) is 0 Å². The Hall–Kier alpha value is -1.96. The summed E-state index contributed by atoms with van der Waals surface area (Å²) in [5.74, 6) is -3.30. The lowest BCUT2D eigenvalue weighted by Crippen LogP contribution is -2.47. The first-order valence-corrected chi connectivity index (χ1v) is 7.75. The van der Waals surface area contributed by atoms with Crippen LogP contribution in [0.1, 0.15) is 40.0 Å². The third-order valence-corrected chi connectivity index (χ3v) is 3.92. The number of esters is 1. The van der Waals surface area contributed by atoms with E-state index in [0.29, 0.717) is 12.8 Å². The van der Waals surface area contributed by atoms with E-state index in [0.717, 1.165) is 0 Å². The number of nitrogens with zero attached hydrogens (tertiary/aromatic N) is 1. The highest BCUT2D eigenvalue weighted by Gasteiger charge is 2.48. The number of ether oxygens (including phenoxy) is 2. The predicted octanol–water partition coefficient (Wildman–Crippen LogP) is 1.80. The molecule has 1 unspecified atom stereocenters. The zero-order valence-electron chi connectivity index (χ0n) is 13.6. The van der Waals surface area contributed by atoms with Crippen molar-refractivity contribution in [2.45, 2.75) is 58.3 Å². The fraction of sp³-hybridized carbons (Fsp3) is 0.733. The lowest BCUT2D eigenvalue weighted by atomic mass is 9.82. The van der Waals surface area contributed by atoms with Gasteiger partial charge in [-0.1, -0.05) is 13.8 Å². The highest BCUT2D eigenvalue weighted by atomic mass is 16.6. The van der Waals surface area contributed by atoms with E-state index in [4.69, 9.17) is 9.47 Å². The summed E-state index contributed by atoms with van der Waals surface area (Å²) in [6.45, 7) is 5.53. The molecule has 0 spiro atoms. The number of carbonyl (C=O) groups is 2. The zero-order valence-corrected chi connectivity index (χ0v) is 13.6. The summed E-state index contributed by atoms with van der Waals surface area (Å²) in [6.07, 6.45) is 1.13. The summed E-state index contributed by atoms with van der Waals surface area (Å²) in [5, 5.41) is 20.7. The molecule has 8 nitrogen and oxygen atoms in total. The van der Waals surface area contributed by atoms with E-state index in [1.165, 1.54) is 6.08 Å². The molecule has 130 valence electrons. The fourth-order valence-corrected chi connectivity index (χ4v) is 2.65. The number of rotatable bonds is 8. The van der Waals surface area contributed by atoms with Gasteiger partial charge in [-0.25, -0.2) is 4.79 Å². The molecule has 0 fully saturated rings. The van der Waals surface area contributed by atoms with Crippen LogP contribution in [0.4, 0.5) is 0 Å². The largest absolute Gasteiger partial charge is 0.481 e. The molecule has 0 bridgehead atoms. The topological polar surface area (TPSA) is 116 Å². The lowest BCUT2D eigenvalue weighted by Gasteiger charge is -2.31. The van der Waals surface area contributed by atoms with E-state index in [1.807, 2.05) is 13.8 Å². The molecule has 8 heteroatoms. The van der Waals surface area contributed by atoms with Gasteiger partial charge in [0.1, 0.15) is 0 Å². The Kier molecular flexibility index (Phi) is 7.15. The Morgan fingerprint density at radius 2 is 2.00 bits per heavy atom. The summed E-state index contributed by atoms with van der Waals surface area (Å²) in [6, 6.07) is -1.42. The van der Waals surface area contributed by atoms with Crippen LogP contribution >= 0.6 is 0 Å². The molecule has 0 saturated carbocycles. The molecule has 0 saturated heterocycles. The van der Waals surface area contributed by atoms with Crippen molar-refractivity contribution in [3.8, 4) is 0 Å². The van der Waals surface area contributed by atoms with E-state index in [2.05, 4.69) is 0 Å². The van der Waals surface area contributed by atoms with Gasteiger partial charge >= 0.3 is 11.9 Å². The van der Waals surface area contributed by atoms with Crippen LogP contribution in [0.15, 0.2) is 11.6 Å². The summed E-state index contributed by atoms with van der Waals surface area (Å²) < 4.78 is 10.6. The van der Waals surface area contributed by atoms with Crippen molar-refractivity contribution < 1.29 is 29.1 Å². The van der Waals surface area contributed by atoms with Crippen LogP contribution in [0, 0.1) is 16.0 Å². The van der Waals surface area contributed by atoms with Crippen LogP contribution in [0.2, 0.25) is 0 Å². The van der Waals surface area contributed by atoms with Gasteiger partial charge in [-0.3, -0.25) is 14.9 Å². The first-order valence-electron chi connectivity index (χ1n) is 7.75. The molecule has 1 aliphatic rings. The van der Waals surface area contributed by atoms with E-state index in [9.17, 15) is 24.8 Å². The molecule has 0 aromatic rings. The van der Waals surface area contributed by atoms with Crippen molar-refractivity contribution >= 4 is 11.9 Å². The number of aliphatic carboxylic acids is 1. The molecule has 23 heavy (non-hydrogen) atoms. The molecular weight excluding hydrogens is 306 g/mol. The Bertz CT molecular complexity index is 484. The molecule has 1 rings (SSSR count). The van der Waals surface area contributed by atoms with Crippen LogP contribution in [-0.2, 0) is 19.1 Å². The van der Waals surface area contributed by atoms with Crippen molar-refractivity contribution in [1.82, 2.24) is 0 Å². The van der Waals surface area contributed by atoms with Gasteiger partial charge in [0.15, 0.2) is 5.92 Å². The minimum absolute atomic E-state index is 0.0991. The summed E-state index contributed by atoms with van der Waals surface area (Å²) in [7, 11) is 0. The highest BCUT2D eigenvalue weighted by Crippen LogP contribution is 2.31.